The zero-order valence-corrected chi connectivity index (χ0v) is 82.3. The molecule has 6 fully saturated rings. The number of aromatic hydroxyl groups is 6. The molecule has 144 heavy (non-hydrogen) atoms. The van der Waals surface area contributed by atoms with Crippen LogP contribution in [0.3, 0.4) is 0 Å². The maximum Gasteiger partial charge on any atom is 0.345 e. The van der Waals surface area contributed by atoms with E-state index in [0.29, 0.717) is 59.9 Å². The first kappa shape index (κ1) is 122. The van der Waals surface area contributed by atoms with Crippen LogP contribution in [0.15, 0.2) is 133 Å². The Labute approximate surface area is 833 Å². The summed E-state index contributed by atoms with van der Waals surface area (Å²) in [4.78, 5) is 67.2. The predicted molar refractivity (Wildman–Crippen MR) is 514 cm³/mol. The lowest BCUT2D eigenvalue weighted by molar-refractivity contribution is -0.328. The van der Waals surface area contributed by atoms with Crippen molar-refractivity contribution in [1.82, 2.24) is 0 Å². The van der Waals surface area contributed by atoms with Gasteiger partial charge < -0.3 is 175 Å². The third-order valence-electron chi connectivity index (χ3n) is 25.6. The molecule has 6 aromatic carbocycles. The number of aliphatic carboxylic acids is 4. The second-order valence-corrected chi connectivity index (χ2v) is 37.2. The van der Waals surface area contributed by atoms with Crippen molar-refractivity contribution in [1.29, 1.82) is 0 Å². The van der Waals surface area contributed by atoms with Crippen molar-refractivity contribution in [3.05, 3.63) is 189 Å². The molecular weight excluding hydrogens is 1890 g/mol. The number of carboxylic acids is 4. The van der Waals surface area contributed by atoms with Crippen molar-refractivity contribution in [3.8, 4) is 34.5 Å². The third kappa shape index (κ3) is 36.6. The number of rotatable bonds is 29. The van der Waals surface area contributed by atoms with Gasteiger partial charge in [0.05, 0.1) is 87.3 Å². The Morgan fingerprint density at radius 1 is 0.458 bits per heavy atom. The molecule has 4 aliphatic heterocycles. The van der Waals surface area contributed by atoms with Gasteiger partial charge in [-0.15, -0.1) is 0 Å². The van der Waals surface area contributed by atoms with Crippen LogP contribution in [0, 0.1) is 57.3 Å². The summed E-state index contributed by atoms with van der Waals surface area (Å²) >= 11 is 0. The van der Waals surface area contributed by atoms with Gasteiger partial charge in [-0.05, 0) is 216 Å². The molecule has 0 bridgehead atoms. The number of hydrogen-bond acceptors (Lipinski definition) is 37. The van der Waals surface area contributed by atoms with Crippen LogP contribution in [-0.2, 0) is 97.1 Å². The summed E-state index contributed by atoms with van der Waals surface area (Å²) in [6.07, 6.45) is -19.0. The molecule has 0 amide bonds. The Hall–Kier alpha value is -10.5. The van der Waals surface area contributed by atoms with Crippen molar-refractivity contribution in [3.63, 3.8) is 0 Å². The van der Waals surface area contributed by atoms with Crippen LogP contribution in [0.1, 0.15) is 150 Å². The topological polar surface area (TPSA) is 711 Å². The molecule has 802 valence electrons. The lowest BCUT2D eigenvalue weighted by Crippen LogP contribution is -2.62. The largest absolute Gasteiger partial charge is 0.508 e. The predicted octanol–water partition coefficient (Wildman–Crippen LogP) is 3.72. The van der Waals surface area contributed by atoms with Crippen LogP contribution in [0.5, 0.6) is 34.5 Å². The molecule has 2 saturated carbocycles. The molecule has 23 unspecified atom stereocenters. The number of aryl methyl sites for hydroxylation is 6. The van der Waals surface area contributed by atoms with Crippen LogP contribution >= 0.6 is 0 Å². The molecule has 6 aromatic rings. The minimum atomic E-state index is -1.89. The monoisotopic (exact) mass is 2040 g/mol. The molecule has 41 heteroatoms. The highest BCUT2D eigenvalue weighted by Crippen LogP contribution is 2.39. The van der Waals surface area contributed by atoms with Gasteiger partial charge >= 0.3 is 35.8 Å². The van der Waals surface area contributed by atoms with Crippen LogP contribution in [0.2, 0.25) is 0 Å². The van der Waals surface area contributed by atoms with Crippen molar-refractivity contribution >= 4 is 48.0 Å². The first-order chi connectivity index (χ1) is 67.6. The average molecular weight is 2040 g/mol. The number of carbonyl (C=O) groups excluding carboxylic acids is 2. The molecule has 4 heterocycles. The van der Waals surface area contributed by atoms with Crippen molar-refractivity contribution in [2.24, 2.45) is 29.6 Å². The Balaban J connectivity index is 0.000000277. The quantitative estimate of drug-likeness (QED) is 0.0181. The van der Waals surface area contributed by atoms with Gasteiger partial charge in [0.15, 0.2) is 35.8 Å². The fraction of sp³-hybridized carbons (Fsp3) is 0.553. The molecular formula is C103H144O41. The van der Waals surface area contributed by atoms with E-state index in [1.54, 1.807) is 97.0 Å². The molecule has 6 aliphatic rings. The van der Waals surface area contributed by atoms with Gasteiger partial charge in [0.25, 0.3) is 0 Å². The van der Waals surface area contributed by atoms with Gasteiger partial charge in [-0.1, -0.05) is 126 Å². The standard InChI is InChI=1S/C30H38O14.C24H38O8.C15H16O7.C11H14O3.C9H12.C8H14O5.C6H12O4/c1-14-3-4-16(11-19(14)32)6-8-22(34)44-28-21(13-41-30-26(38)24(36)23(35)15(2)42-30)43-29(27(39)25(28)37)40-10-9-17-5-7-18(31)20(33)12-17;1-12-7-8-15(10-16(12)26)5-4-6-17-22(29)24(14(3)19(11-25)31-17)32-18-9-13(2)20(27)23(30)21(18)28;1-8-3-4-10(7-11(8)16)5-6-12(17)22-13(15(20)21)9(2)14(18)19;1-7-3-4-9(6-10(7)12)5-8(2)11(13)14;1-2-6-9-7-4-3-5-8-9;1-4-2-8(13,7(11)12)3-5(9)6(4)10;1-3-5(8)6(9)4(7)2-10-3/h3-8,11-12,15,21,23-33,35-39H,9-10,13H2,1-2H3;7-8,10,13-14,17-30H,4-6,9,11H2,1-3H3;3-7,9,13,16H,1-2H3,(H,18,19)(H,20,21);3-4,6,8,12H,5H2,1-2H3,(H,13,14);3-5,7-8H,2,6H2,1H3;4-6,9-10,13H,2-3H2,1H3,(H,11,12);3-9H,2H2,1H3/b8-6+;;6-5+;;;;/t15?,21?,23-,24-,25+,26?,27?,28-,29-,30-;;;;;;3?,4?,5-,6+/m1.....0/s1. The zero-order valence-electron chi connectivity index (χ0n) is 82.3. The summed E-state index contributed by atoms with van der Waals surface area (Å²) in [5.74, 6) is -9.82. The lowest BCUT2D eigenvalue weighted by atomic mass is 9.75. The summed E-state index contributed by atoms with van der Waals surface area (Å²) < 4.78 is 49.6. The smallest absolute Gasteiger partial charge is 0.345 e. The highest BCUT2D eigenvalue weighted by molar-refractivity contribution is 5.91. The van der Waals surface area contributed by atoms with Crippen molar-refractivity contribution < 1.29 is 204 Å². The molecule has 2 aliphatic carbocycles. The van der Waals surface area contributed by atoms with Crippen LogP contribution < -0.4 is 0 Å². The number of carboxylic acid groups (broad SMARTS) is 4. The first-order valence-corrected chi connectivity index (χ1v) is 47.4. The SMILES string of the molecule is CC1CC(O)(C(=O)O)CC(O)C1O.CC1OCC(O)[C@@H](O)[C@H]1O.CCCc1ccccc1.Cc1ccc(/C=C/C(=O)OC(C(=O)O)C(C)C(=O)O)cc1O.Cc1ccc(/C=C/C(=O)O[C@@H]2C(CO[C@@H]3OC(C)[C@@H](O)[C@@H](O)C3O)O[C@@H](OCCc3ccc(O)c(O)c3)C(O)[C@@H]2O)cc1O.Cc1ccc(CC(C)C(=O)O)cc1O.Cc1ccc(CCCC2OC(CO)C(C)C(OC3CC(C)C(O)C(O)C3O)C2O)cc1O. The number of esters is 2. The molecule has 4 saturated heterocycles. The van der Waals surface area contributed by atoms with Crippen LogP contribution in [0.25, 0.3) is 12.2 Å². The van der Waals surface area contributed by atoms with Gasteiger partial charge in [-0.25, -0.2) is 19.2 Å². The van der Waals surface area contributed by atoms with E-state index < -0.39 is 219 Å². The van der Waals surface area contributed by atoms with Crippen molar-refractivity contribution in [2.45, 2.75) is 306 Å². The number of ether oxygens (including phenoxy) is 9. The number of aliphatic hydroxyl groups excluding tert-OH is 15. The molecule has 41 nitrogen and oxygen atoms in total. The summed E-state index contributed by atoms with van der Waals surface area (Å²) in [5, 5.41) is 252. The molecule has 0 aromatic heterocycles. The lowest BCUT2D eigenvalue weighted by Gasteiger charge is -2.47. The van der Waals surface area contributed by atoms with Gasteiger partial charge in [0.2, 0.25) is 6.10 Å². The fourth-order valence-corrected chi connectivity index (χ4v) is 16.0. The van der Waals surface area contributed by atoms with E-state index in [1.807, 2.05) is 32.0 Å². The van der Waals surface area contributed by atoms with Crippen molar-refractivity contribution in [2.75, 3.05) is 26.4 Å². The number of aliphatic hydroxyl groups is 16. The van der Waals surface area contributed by atoms with E-state index in [0.717, 1.165) is 41.3 Å². The molecule has 31 atom stereocenters. The van der Waals surface area contributed by atoms with Gasteiger partial charge in [-0.2, -0.15) is 0 Å². The number of phenols is 6. The first-order valence-electron chi connectivity index (χ1n) is 47.4. The minimum Gasteiger partial charge on any atom is -0.508 e. The second-order valence-electron chi connectivity index (χ2n) is 37.2. The molecule has 12 rings (SSSR count). The molecule has 0 spiro atoms. The maximum atomic E-state index is 12.7. The Kier molecular flexibility index (Phi) is 49.3. The summed E-state index contributed by atoms with van der Waals surface area (Å²) in [6.45, 7) is 19.7. The van der Waals surface area contributed by atoms with Gasteiger partial charge in [0.1, 0.15) is 102 Å². The minimum absolute atomic E-state index is 0.0272. The summed E-state index contributed by atoms with van der Waals surface area (Å²) in [7, 11) is 0. The maximum absolute atomic E-state index is 12.7. The van der Waals surface area contributed by atoms with E-state index >= 15 is 0 Å². The van der Waals surface area contributed by atoms with E-state index in [2.05, 4.69) is 42.0 Å². The second kappa shape index (κ2) is 58.1. The Morgan fingerprint density at radius 3 is 1.51 bits per heavy atom. The van der Waals surface area contributed by atoms with Crippen LogP contribution in [0.4, 0.5) is 0 Å². The zero-order chi connectivity index (χ0) is 108. The van der Waals surface area contributed by atoms with E-state index in [-0.39, 0.29) is 85.4 Å². The Morgan fingerprint density at radius 2 is 0.979 bits per heavy atom. The normalized spacial score (nSPS) is 30.3. The highest BCUT2D eigenvalue weighted by atomic mass is 16.7. The number of hydrogen-bond donors (Lipinski definition) is 26. The average Bonchev–Trinajstić information content (AvgIpc) is 0.776. The van der Waals surface area contributed by atoms with Crippen LogP contribution in [-0.4, -0.2) is 354 Å². The van der Waals surface area contributed by atoms with E-state index in [1.165, 1.54) is 61.7 Å². The third-order valence-corrected chi connectivity index (χ3v) is 25.6. The number of carbonyl (C=O) groups is 6. The Bertz CT molecular complexity index is 5030. The van der Waals surface area contributed by atoms with E-state index in [9.17, 15) is 126 Å². The highest BCUT2D eigenvalue weighted by Gasteiger charge is 2.52. The molecule has 26 N–H and O–H groups in total. The molecule has 0 radical (unpaired) electrons. The van der Waals surface area contributed by atoms with Gasteiger partial charge in [0, 0.05) is 24.5 Å². The summed E-state index contributed by atoms with van der Waals surface area (Å²) in [5.41, 5.74) is 5.94. The van der Waals surface area contributed by atoms with Gasteiger partial charge in [-0.3, -0.25) is 9.59 Å². The summed E-state index contributed by atoms with van der Waals surface area (Å²) in [6, 6.07) is 35.1. The number of phenolic OH excluding ortho intramolecular Hbond substituents is 6. The number of benzene rings is 6. The van der Waals surface area contributed by atoms with E-state index in [4.69, 9.17) is 73.6 Å². The fourth-order valence-electron chi connectivity index (χ4n) is 16.0.